The number of hydrogen-bond acceptors (Lipinski definition) is 2. The Morgan fingerprint density at radius 2 is 2.06 bits per heavy atom. The van der Waals surface area contributed by atoms with Gasteiger partial charge in [0.1, 0.15) is 5.82 Å². The van der Waals surface area contributed by atoms with Gasteiger partial charge in [-0.25, -0.2) is 4.39 Å². The van der Waals surface area contributed by atoms with E-state index in [-0.39, 0.29) is 24.3 Å². The highest BCUT2D eigenvalue weighted by Gasteiger charge is 2.04. The van der Waals surface area contributed by atoms with Crippen molar-refractivity contribution in [2.75, 3.05) is 11.9 Å². The molecule has 1 aromatic rings. The Balaban J connectivity index is 2.56. The number of hydrogen-bond donors (Lipinski definition) is 2. The lowest BCUT2D eigenvalue weighted by atomic mass is 10.2. The molecule has 0 fully saturated rings. The van der Waals surface area contributed by atoms with Crippen LogP contribution in [0, 0.1) is 12.7 Å². The molecule has 0 aliphatic rings. The second-order valence-corrected chi connectivity index (χ2v) is 4.10. The van der Waals surface area contributed by atoms with Gasteiger partial charge in [-0.3, -0.25) is 4.79 Å². The van der Waals surface area contributed by atoms with Gasteiger partial charge >= 0.3 is 0 Å². The topological polar surface area (TPSA) is 41.1 Å². The Hall–Kier alpha value is -1.42. The lowest BCUT2D eigenvalue weighted by Gasteiger charge is -2.09. The third-order valence-electron chi connectivity index (χ3n) is 2.00. The maximum absolute atomic E-state index is 13.0. The molecule has 0 atom stereocenters. The van der Waals surface area contributed by atoms with Crippen LogP contribution in [0.4, 0.5) is 10.1 Å². The molecule has 1 rings (SSSR count). The summed E-state index contributed by atoms with van der Waals surface area (Å²) in [5, 5.41) is 5.63. The fraction of sp³-hybridized carbons (Fsp3) is 0.417. The largest absolute Gasteiger partial charge is 0.325 e. The van der Waals surface area contributed by atoms with E-state index in [1.165, 1.54) is 12.1 Å². The molecule has 0 spiro atoms. The summed E-state index contributed by atoms with van der Waals surface area (Å²) in [5.41, 5.74) is 1.28. The van der Waals surface area contributed by atoms with Crippen molar-refractivity contribution in [1.82, 2.24) is 5.32 Å². The second kappa shape index (κ2) is 5.61. The summed E-state index contributed by atoms with van der Waals surface area (Å²) in [6.07, 6.45) is 0. The number of nitrogens with one attached hydrogen (secondary N) is 2. The van der Waals surface area contributed by atoms with Gasteiger partial charge in [-0.2, -0.15) is 0 Å². The van der Waals surface area contributed by atoms with Crippen LogP contribution in [0.2, 0.25) is 0 Å². The molecule has 88 valence electrons. The maximum Gasteiger partial charge on any atom is 0.238 e. The van der Waals surface area contributed by atoms with Crippen molar-refractivity contribution in [2.24, 2.45) is 0 Å². The molecular formula is C12H17FN2O. The van der Waals surface area contributed by atoms with E-state index in [9.17, 15) is 9.18 Å². The van der Waals surface area contributed by atoms with Crippen molar-refractivity contribution >= 4 is 11.6 Å². The minimum atomic E-state index is -0.341. The van der Waals surface area contributed by atoms with Crippen LogP contribution in [-0.2, 0) is 4.79 Å². The molecule has 0 aromatic heterocycles. The molecular weight excluding hydrogens is 207 g/mol. The summed E-state index contributed by atoms with van der Waals surface area (Å²) in [6.45, 7) is 5.93. The zero-order valence-electron chi connectivity index (χ0n) is 9.80. The van der Waals surface area contributed by atoms with E-state index >= 15 is 0 Å². The number of aryl methyl sites for hydroxylation is 1. The van der Waals surface area contributed by atoms with Gasteiger partial charge in [-0.05, 0) is 30.7 Å². The number of halogens is 1. The molecule has 0 saturated heterocycles. The minimum absolute atomic E-state index is 0.168. The Morgan fingerprint density at radius 1 is 1.38 bits per heavy atom. The van der Waals surface area contributed by atoms with Crippen LogP contribution in [0.3, 0.4) is 0 Å². The van der Waals surface area contributed by atoms with E-state index in [2.05, 4.69) is 10.6 Å². The molecule has 2 N–H and O–H groups in total. The van der Waals surface area contributed by atoms with Gasteiger partial charge in [0, 0.05) is 11.7 Å². The van der Waals surface area contributed by atoms with E-state index in [0.29, 0.717) is 5.69 Å². The fourth-order valence-electron chi connectivity index (χ4n) is 1.31. The summed E-state index contributed by atoms with van der Waals surface area (Å²) in [7, 11) is 0. The van der Waals surface area contributed by atoms with Gasteiger partial charge in [0.05, 0.1) is 6.54 Å². The Bertz CT molecular complexity index is 357. The standard InChI is InChI=1S/C12H17FN2O/c1-8(2)14-7-12(16)15-11-5-9(3)4-10(13)6-11/h4-6,8,14H,7H2,1-3H3,(H,15,16). The predicted octanol–water partition coefficient (Wildman–Crippen LogP) is 2.07. The zero-order valence-corrected chi connectivity index (χ0v) is 9.80. The number of carbonyl (C=O) groups excluding carboxylic acids is 1. The normalized spacial score (nSPS) is 10.6. The van der Waals surface area contributed by atoms with Gasteiger partial charge in [-0.15, -0.1) is 0 Å². The molecule has 0 saturated carbocycles. The van der Waals surface area contributed by atoms with E-state index in [0.717, 1.165) is 5.56 Å². The summed E-state index contributed by atoms with van der Waals surface area (Å²) >= 11 is 0. The highest BCUT2D eigenvalue weighted by molar-refractivity contribution is 5.92. The number of amides is 1. The van der Waals surface area contributed by atoms with Gasteiger partial charge in [0.25, 0.3) is 0 Å². The minimum Gasteiger partial charge on any atom is -0.325 e. The van der Waals surface area contributed by atoms with Crippen LogP contribution < -0.4 is 10.6 Å². The molecule has 0 aliphatic carbocycles. The SMILES string of the molecule is Cc1cc(F)cc(NC(=O)CNC(C)C)c1. The number of benzene rings is 1. The van der Waals surface area contributed by atoms with Crippen molar-refractivity contribution in [1.29, 1.82) is 0 Å². The smallest absolute Gasteiger partial charge is 0.238 e. The Labute approximate surface area is 95.0 Å². The van der Waals surface area contributed by atoms with Crippen molar-refractivity contribution in [3.8, 4) is 0 Å². The van der Waals surface area contributed by atoms with Gasteiger partial charge in [0.2, 0.25) is 5.91 Å². The summed E-state index contributed by atoms with van der Waals surface area (Å²) < 4.78 is 13.0. The van der Waals surface area contributed by atoms with Gasteiger partial charge < -0.3 is 10.6 Å². The first-order valence-electron chi connectivity index (χ1n) is 5.28. The van der Waals surface area contributed by atoms with E-state index in [4.69, 9.17) is 0 Å². The monoisotopic (exact) mass is 224 g/mol. The summed E-state index contributed by atoms with van der Waals surface area (Å²) in [6, 6.07) is 4.71. The second-order valence-electron chi connectivity index (χ2n) is 4.10. The molecule has 0 unspecified atom stereocenters. The van der Waals surface area contributed by atoms with Crippen LogP contribution in [0.1, 0.15) is 19.4 Å². The first-order valence-corrected chi connectivity index (χ1v) is 5.28. The molecule has 1 aromatic carbocycles. The van der Waals surface area contributed by atoms with Crippen LogP contribution >= 0.6 is 0 Å². The van der Waals surface area contributed by atoms with E-state index in [1.807, 2.05) is 13.8 Å². The quantitative estimate of drug-likeness (QED) is 0.822. The molecule has 3 nitrogen and oxygen atoms in total. The van der Waals surface area contributed by atoms with Crippen molar-refractivity contribution in [3.05, 3.63) is 29.6 Å². The lowest BCUT2D eigenvalue weighted by Crippen LogP contribution is -2.32. The van der Waals surface area contributed by atoms with Crippen molar-refractivity contribution in [3.63, 3.8) is 0 Å². The first-order chi connectivity index (χ1) is 7.47. The molecule has 0 heterocycles. The average molecular weight is 224 g/mol. The van der Waals surface area contributed by atoms with Crippen molar-refractivity contribution in [2.45, 2.75) is 26.8 Å². The van der Waals surface area contributed by atoms with E-state index in [1.54, 1.807) is 13.0 Å². The van der Waals surface area contributed by atoms with Crippen LogP contribution in [-0.4, -0.2) is 18.5 Å². The molecule has 0 bridgehead atoms. The van der Waals surface area contributed by atoms with Crippen LogP contribution in [0.5, 0.6) is 0 Å². The third-order valence-corrected chi connectivity index (χ3v) is 2.00. The molecule has 0 aliphatic heterocycles. The van der Waals surface area contributed by atoms with Crippen molar-refractivity contribution < 1.29 is 9.18 Å². The van der Waals surface area contributed by atoms with Crippen LogP contribution in [0.25, 0.3) is 0 Å². The lowest BCUT2D eigenvalue weighted by molar-refractivity contribution is -0.115. The Morgan fingerprint density at radius 3 is 2.62 bits per heavy atom. The van der Waals surface area contributed by atoms with Gasteiger partial charge in [-0.1, -0.05) is 13.8 Å². The molecule has 1 amide bonds. The first kappa shape index (κ1) is 12.6. The highest BCUT2D eigenvalue weighted by Crippen LogP contribution is 2.12. The number of anilines is 1. The predicted molar refractivity (Wildman–Crippen MR) is 62.9 cm³/mol. The van der Waals surface area contributed by atoms with Crippen LogP contribution in [0.15, 0.2) is 18.2 Å². The van der Waals surface area contributed by atoms with Gasteiger partial charge in [0.15, 0.2) is 0 Å². The Kier molecular flexibility index (Phi) is 4.43. The molecule has 16 heavy (non-hydrogen) atoms. The maximum atomic E-state index is 13.0. The average Bonchev–Trinajstić information content (AvgIpc) is 2.12. The molecule has 0 radical (unpaired) electrons. The highest BCUT2D eigenvalue weighted by atomic mass is 19.1. The zero-order chi connectivity index (χ0) is 12.1. The third kappa shape index (κ3) is 4.40. The summed E-state index contributed by atoms with van der Waals surface area (Å²) in [5.74, 6) is -0.509. The fourth-order valence-corrected chi connectivity index (χ4v) is 1.31. The van der Waals surface area contributed by atoms with E-state index < -0.39 is 0 Å². The number of carbonyl (C=O) groups is 1. The number of rotatable bonds is 4. The molecule has 4 heteroatoms. The summed E-state index contributed by atoms with van der Waals surface area (Å²) in [4.78, 5) is 11.4.